The zero-order chi connectivity index (χ0) is 15.0. The molecule has 0 aliphatic rings. The van der Waals surface area contributed by atoms with Crippen molar-refractivity contribution in [1.82, 2.24) is 0 Å². The van der Waals surface area contributed by atoms with E-state index in [1.165, 1.54) is 25.7 Å². The molecule has 0 amide bonds. The summed E-state index contributed by atoms with van der Waals surface area (Å²) in [6.45, 7) is 7.36. The zero-order valence-corrected chi connectivity index (χ0v) is 12.8. The molecule has 4 nitrogen and oxygen atoms in total. The van der Waals surface area contributed by atoms with Gasteiger partial charge in [-0.25, -0.2) is 0 Å². The number of aryl methyl sites for hydroxylation is 1. The van der Waals surface area contributed by atoms with Crippen molar-refractivity contribution >= 4 is 11.4 Å². The third-order valence-electron chi connectivity index (χ3n) is 3.44. The minimum absolute atomic E-state index is 0.154. The monoisotopic (exact) mass is 278 g/mol. The molecular formula is C16H26N2O2. The summed E-state index contributed by atoms with van der Waals surface area (Å²) in [5.74, 6) is 0.802. The van der Waals surface area contributed by atoms with Gasteiger partial charge >= 0.3 is 0 Å². The molecule has 0 aliphatic carbocycles. The van der Waals surface area contributed by atoms with Crippen LogP contribution in [-0.4, -0.2) is 11.5 Å². The molecule has 20 heavy (non-hydrogen) atoms. The predicted molar refractivity (Wildman–Crippen MR) is 84.2 cm³/mol. The molecule has 1 rings (SSSR count). The molecule has 0 atom stereocenters. The minimum Gasteiger partial charge on any atom is -0.385 e. The Bertz CT molecular complexity index is 430. The molecule has 0 radical (unpaired) electrons. The first-order chi connectivity index (χ1) is 9.50. The van der Waals surface area contributed by atoms with Gasteiger partial charge in [0.1, 0.15) is 0 Å². The molecule has 0 saturated heterocycles. The summed E-state index contributed by atoms with van der Waals surface area (Å²) in [4.78, 5) is 10.3. The van der Waals surface area contributed by atoms with E-state index in [-0.39, 0.29) is 10.6 Å². The standard InChI is InChI=1S/C16H26N2O2/c1-13(2)8-6-4-5-7-11-17-16-10-9-15(18(19)20)12-14(16)3/h9-10,12-13,17H,4-8,11H2,1-3H3. The van der Waals surface area contributed by atoms with Crippen LogP contribution in [0, 0.1) is 23.0 Å². The Morgan fingerprint density at radius 3 is 2.50 bits per heavy atom. The molecule has 0 unspecified atom stereocenters. The largest absolute Gasteiger partial charge is 0.385 e. The van der Waals surface area contributed by atoms with E-state index in [9.17, 15) is 10.1 Å². The number of nitrogens with one attached hydrogen (secondary N) is 1. The lowest BCUT2D eigenvalue weighted by Gasteiger charge is -2.09. The van der Waals surface area contributed by atoms with Gasteiger partial charge in [0.2, 0.25) is 0 Å². The van der Waals surface area contributed by atoms with Crippen molar-refractivity contribution in [1.29, 1.82) is 0 Å². The van der Waals surface area contributed by atoms with Crippen LogP contribution in [-0.2, 0) is 0 Å². The van der Waals surface area contributed by atoms with Gasteiger partial charge in [-0.15, -0.1) is 0 Å². The second-order valence-electron chi connectivity index (χ2n) is 5.78. The third kappa shape index (κ3) is 6.04. The zero-order valence-electron chi connectivity index (χ0n) is 12.8. The molecule has 0 fully saturated rings. The van der Waals surface area contributed by atoms with Crippen molar-refractivity contribution in [3.05, 3.63) is 33.9 Å². The first-order valence-electron chi connectivity index (χ1n) is 7.49. The van der Waals surface area contributed by atoms with E-state index in [2.05, 4.69) is 19.2 Å². The van der Waals surface area contributed by atoms with E-state index in [0.717, 1.165) is 30.1 Å². The lowest BCUT2D eigenvalue weighted by atomic mass is 10.0. The first-order valence-corrected chi connectivity index (χ1v) is 7.49. The Kier molecular flexibility index (Phi) is 7.05. The highest BCUT2D eigenvalue weighted by molar-refractivity contribution is 5.55. The Morgan fingerprint density at radius 2 is 1.90 bits per heavy atom. The fraction of sp³-hybridized carbons (Fsp3) is 0.625. The predicted octanol–water partition coefficient (Wildman–Crippen LogP) is 4.92. The van der Waals surface area contributed by atoms with Crippen LogP contribution in [0.5, 0.6) is 0 Å². The van der Waals surface area contributed by atoms with Crippen molar-refractivity contribution in [2.45, 2.75) is 52.9 Å². The third-order valence-corrected chi connectivity index (χ3v) is 3.44. The topological polar surface area (TPSA) is 55.2 Å². The molecule has 112 valence electrons. The van der Waals surface area contributed by atoms with Crippen LogP contribution in [0.2, 0.25) is 0 Å². The molecule has 0 heterocycles. The summed E-state index contributed by atoms with van der Waals surface area (Å²) in [6, 6.07) is 4.97. The van der Waals surface area contributed by atoms with Gasteiger partial charge in [0, 0.05) is 24.4 Å². The lowest BCUT2D eigenvalue weighted by molar-refractivity contribution is -0.384. The molecule has 1 N–H and O–H groups in total. The van der Waals surface area contributed by atoms with Gasteiger partial charge in [0.15, 0.2) is 0 Å². The maximum absolute atomic E-state index is 10.7. The molecule has 4 heteroatoms. The summed E-state index contributed by atoms with van der Waals surface area (Å²) in [5, 5.41) is 14.0. The fourth-order valence-electron chi connectivity index (χ4n) is 2.21. The average molecular weight is 278 g/mol. The Balaban J connectivity index is 2.24. The average Bonchev–Trinajstić information content (AvgIpc) is 2.38. The van der Waals surface area contributed by atoms with Crippen LogP contribution in [0.25, 0.3) is 0 Å². The first kappa shape index (κ1) is 16.5. The number of anilines is 1. The number of nitro groups is 1. The molecule has 0 saturated carbocycles. The number of hydrogen-bond acceptors (Lipinski definition) is 3. The van der Waals surface area contributed by atoms with E-state index >= 15 is 0 Å². The molecule has 1 aromatic rings. The maximum atomic E-state index is 10.7. The molecule has 0 aromatic heterocycles. The van der Waals surface area contributed by atoms with E-state index in [1.807, 2.05) is 6.92 Å². The highest BCUT2D eigenvalue weighted by Gasteiger charge is 2.07. The van der Waals surface area contributed by atoms with Crippen LogP contribution < -0.4 is 5.32 Å². The highest BCUT2D eigenvalue weighted by atomic mass is 16.6. The van der Waals surface area contributed by atoms with Crippen LogP contribution in [0.1, 0.15) is 51.5 Å². The number of rotatable bonds is 9. The van der Waals surface area contributed by atoms with Crippen molar-refractivity contribution < 1.29 is 4.92 Å². The SMILES string of the molecule is Cc1cc([N+](=O)[O-])ccc1NCCCCCCC(C)C. The second-order valence-corrected chi connectivity index (χ2v) is 5.78. The van der Waals surface area contributed by atoms with Gasteiger partial charge in [-0.3, -0.25) is 10.1 Å². The van der Waals surface area contributed by atoms with Gasteiger partial charge in [-0.05, 0) is 30.9 Å². The van der Waals surface area contributed by atoms with Crippen LogP contribution in [0.15, 0.2) is 18.2 Å². The van der Waals surface area contributed by atoms with Crippen LogP contribution in [0.3, 0.4) is 0 Å². The summed E-state index contributed by atoms with van der Waals surface area (Å²) >= 11 is 0. The Morgan fingerprint density at radius 1 is 1.20 bits per heavy atom. The lowest BCUT2D eigenvalue weighted by Crippen LogP contribution is -2.03. The normalized spacial score (nSPS) is 10.8. The number of benzene rings is 1. The quantitative estimate of drug-likeness (QED) is 0.396. The highest BCUT2D eigenvalue weighted by Crippen LogP contribution is 2.21. The molecule has 0 bridgehead atoms. The molecule has 0 spiro atoms. The number of unbranched alkanes of at least 4 members (excludes halogenated alkanes) is 3. The second kappa shape index (κ2) is 8.56. The van der Waals surface area contributed by atoms with Crippen molar-refractivity contribution in [2.24, 2.45) is 5.92 Å². The van der Waals surface area contributed by atoms with Crippen molar-refractivity contribution in [3.8, 4) is 0 Å². The van der Waals surface area contributed by atoms with Gasteiger partial charge in [0.05, 0.1) is 4.92 Å². The van der Waals surface area contributed by atoms with E-state index < -0.39 is 0 Å². The Labute approximate surface area is 121 Å². The summed E-state index contributed by atoms with van der Waals surface area (Å²) in [7, 11) is 0. The van der Waals surface area contributed by atoms with E-state index in [4.69, 9.17) is 0 Å². The van der Waals surface area contributed by atoms with E-state index in [0.29, 0.717) is 0 Å². The van der Waals surface area contributed by atoms with E-state index in [1.54, 1.807) is 18.2 Å². The number of non-ortho nitro benzene ring substituents is 1. The summed E-state index contributed by atoms with van der Waals surface area (Å²) in [5.41, 5.74) is 2.08. The fourth-order valence-corrected chi connectivity index (χ4v) is 2.21. The van der Waals surface area contributed by atoms with Crippen molar-refractivity contribution in [2.75, 3.05) is 11.9 Å². The summed E-state index contributed by atoms with van der Waals surface area (Å²) < 4.78 is 0. The van der Waals surface area contributed by atoms with Gasteiger partial charge in [-0.2, -0.15) is 0 Å². The molecule has 1 aromatic carbocycles. The number of nitrogens with zero attached hydrogens (tertiary/aromatic N) is 1. The minimum atomic E-state index is -0.356. The van der Waals surface area contributed by atoms with Gasteiger partial charge in [0.25, 0.3) is 5.69 Å². The van der Waals surface area contributed by atoms with Crippen LogP contribution >= 0.6 is 0 Å². The van der Waals surface area contributed by atoms with Crippen LogP contribution in [0.4, 0.5) is 11.4 Å². The number of hydrogen-bond donors (Lipinski definition) is 1. The molecular weight excluding hydrogens is 252 g/mol. The maximum Gasteiger partial charge on any atom is 0.269 e. The van der Waals surface area contributed by atoms with Crippen molar-refractivity contribution in [3.63, 3.8) is 0 Å². The summed E-state index contributed by atoms with van der Waals surface area (Å²) in [6.07, 6.45) is 6.31. The van der Waals surface area contributed by atoms with Gasteiger partial charge in [-0.1, -0.05) is 39.5 Å². The molecule has 0 aliphatic heterocycles. The smallest absolute Gasteiger partial charge is 0.269 e. The Hall–Kier alpha value is -1.58. The van der Waals surface area contributed by atoms with Gasteiger partial charge < -0.3 is 5.32 Å². The number of nitro benzene ring substituents is 1.